The van der Waals surface area contributed by atoms with Crippen molar-refractivity contribution in [3.8, 4) is 0 Å². The molecule has 1 saturated heterocycles. The van der Waals surface area contributed by atoms with Crippen molar-refractivity contribution < 1.29 is 4.74 Å². The van der Waals surface area contributed by atoms with Crippen molar-refractivity contribution in [3.05, 3.63) is 16.5 Å². The minimum Gasteiger partial charge on any atom is -0.378 e. The molecule has 0 bridgehead atoms. The van der Waals surface area contributed by atoms with E-state index in [1.807, 2.05) is 13.8 Å². The van der Waals surface area contributed by atoms with Crippen molar-refractivity contribution in [1.29, 1.82) is 0 Å². The standard InChI is InChI=1S/C13H20ClN3O/c1-3-11-16-12(14)9(2)13(17-11)15-7-6-10-5-4-8-18-10/h10H,3-8H2,1-2H3,(H,15,16,17). The number of ether oxygens (including phenoxy) is 1. The van der Waals surface area contributed by atoms with Crippen LogP contribution in [0.25, 0.3) is 0 Å². The number of nitrogens with zero attached hydrogens (tertiary/aromatic N) is 2. The second-order valence-electron chi connectivity index (χ2n) is 4.61. The topological polar surface area (TPSA) is 47.0 Å². The molecular formula is C13H20ClN3O. The van der Waals surface area contributed by atoms with Gasteiger partial charge in [-0.1, -0.05) is 18.5 Å². The molecule has 2 rings (SSSR count). The SMILES string of the molecule is CCc1nc(Cl)c(C)c(NCCC2CCCO2)n1. The molecule has 1 aromatic rings. The van der Waals surface area contributed by atoms with Gasteiger partial charge < -0.3 is 10.1 Å². The predicted molar refractivity (Wildman–Crippen MR) is 73.2 cm³/mol. The fraction of sp³-hybridized carbons (Fsp3) is 0.692. The van der Waals surface area contributed by atoms with E-state index in [4.69, 9.17) is 16.3 Å². The molecule has 1 N–H and O–H groups in total. The van der Waals surface area contributed by atoms with Crippen LogP contribution < -0.4 is 5.32 Å². The summed E-state index contributed by atoms with van der Waals surface area (Å²) in [7, 11) is 0. The van der Waals surface area contributed by atoms with Gasteiger partial charge >= 0.3 is 0 Å². The number of anilines is 1. The molecule has 0 amide bonds. The molecule has 1 atom stereocenters. The van der Waals surface area contributed by atoms with Crippen LogP contribution >= 0.6 is 11.6 Å². The van der Waals surface area contributed by atoms with Crippen molar-refractivity contribution in [2.75, 3.05) is 18.5 Å². The lowest BCUT2D eigenvalue weighted by Gasteiger charge is -2.13. The summed E-state index contributed by atoms with van der Waals surface area (Å²) in [5.41, 5.74) is 0.918. The van der Waals surface area contributed by atoms with Crippen LogP contribution in [0.2, 0.25) is 5.15 Å². The van der Waals surface area contributed by atoms with Crippen molar-refractivity contribution in [1.82, 2.24) is 9.97 Å². The van der Waals surface area contributed by atoms with Crippen LogP contribution in [-0.4, -0.2) is 29.2 Å². The summed E-state index contributed by atoms with van der Waals surface area (Å²) in [6.45, 7) is 5.73. The van der Waals surface area contributed by atoms with Crippen LogP contribution in [0.4, 0.5) is 5.82 Å². The minimum atomic E-state index is 0.403. The molecule has 0 saturated carbocycles. The number of hydrogen-bond donors (Lipinski definition) is 1. The Hall–Kier alpha value is -0.870. The van der Waals surface area contributed by atoms with Gasteiger partial charge in [0.05, 0.1) is 6.10 Å². The number of nitrogens with one attached hydrogen (secondary N) is 1. The highest BCUT2D eigenvalue weighted by molar-refractivity contribution is 6.30. The summed E-state index contributed by atoms with van der Waals surface area (Å²) in [6.07, 6.45) is 4.57. The molecule has 1 fully saturated rings. The number of aryl methyl sites for hydroxylation is 1. The second kappa shape index (κ2) is 6.34. The van der Waals surface area contributed by atoms with Crippen molar-refractivity contribution in [2.45, 2.75) is 45.6 Å². The van der Waals surface area contributed by atoms with E-state index in [0.717, 1.165) is 43.2 Å². The normalized spacial score (nSPS) is 19.2. The third kappa shape index (κ3) is 3.33. The first kappa shape index (κ1) is 13.6. The van der Waals surface area contributed by atoms with Crippen LogP contribution in [0.1, 0.15) is 37.6 Å². The van der Waals surface area contributed by atoms with Gasteiger partial charge in [-0.15, -0.1) is 0 Å². The lowest BCUT2D eigenvalue weighted by Crippen LogP contribution is -2.14. The second-order valence-corrected chi connectivity index (χ2v) is 4.97. The van der Waals surface area contributed by atoms with Gasteiger partial charge in [-0.3, -0.25) is 0 Å². The summed E-state index contributed by atoms with van der Waals surface area (Å²) in [4.78, 5) is 8.70. The van der Waals surface area contributed by atoms with E-state index < -0.39 is 0 Å². The van der Waals surface area contributed by atoms with Gasteiger partial charge in [-0.05, 0) is 26.2 Å². The zero-order valence-corrected chi connectivity index (χ0v) is 11.8. The highest BCUT2D eigenvalue weighted by Gasteiger charge is 2.15. The van der Waals surface area contributed by atoms with Gasteiger partial charge in [0.2, 0.25) is 0 Å². The maximum absolute atomic E-state index is 6.09. The third-order valence-corrected chi connectivity index (χ3v) is 3.60. The summed E-state index contributed by atoms with van der Waals surface area (Å²) >= 11 is 6.09. The van der Waals surface area contributed by atoms with Gasteiger partial charge in [0.1, 0.15) is 16.8 Å². The number of rotatable bonds is 5. The predicted octanol–water partition coefficient (Wildman–Crippen LogP) is 2.98. The van der Waals surface area contributed by atoms with E-state index in [2.05, 4.69) is 15.3 Å². The third-order valence-electron chi connectivity index (χ3n) is 3.23. The molecule has 1 aliphatic heterocycles. The highest BCUT2D eigenvalue weighted by Crippen LogP contribution is 2.21. The minimum absolute atomic E-state index is 0.403. The summed E-state index contributed by atoms with van der Waals surface area (Å²) in [6, 6.07) is 0. The molecule has 100 valence electrons. The Balaban J connectivity index is 1.93. The van der Waals surface area contributed by atoms with E-state index >= 15 is 0 Å². The molecule has 0 aliphatic carbocycles. The smallest absolute Gasteiger partial charge is 0.137 e. The fourth-order valence-corrected chi connectivity index (χ4v) is 2.27. The van der Waals surface area contributed by atoms with Crippen molar-refractivity contribution in [3.63, 3.8) is 0 Å². The first-order valence-electron chi connectivity index (χ1n) is 6.59. The van der Waals surface area contributed by atoms with Crippen LogP contribution in [0.5, 0.6) is 0 Å². The van der Waals surface area contributed by atoms with E-state index in [1.165, 1.54) is 12.8 Å². The summed E-state index contributed by atoms with van der Waals surface area (Å²) in [5, 5.41) is 3.88. The maximum Gasteiger partial charge on any atom is 0.137 e. The molecule has 1 unspecified atom stereocenters. The zero-order chi connectivity index (χ0) is 13.0. The van der Waals surface area contributed by atoms with E-state index in [0.29, 0.717) is 11.3 Å². The first-order chi connectivity index (χ1) is 8.70. The molecule has 1 aromatic heterocycles. The average molecular weight is 270 g/mol. The average Bonchev–Trinajstić information content (AvgIpc) is 2.87. The molecule has 4 nitrogen and oxygen atoms in total. The van der Waals surface area contributed by atoms with Gasteiger partial charge in [-0.25, -0.2) is 9.97 Å². The molecular weight excluding hydrogens is 250 g/mol. The molecule has 0 radical (unpaired) electrons. The lowest BCUT2D eigenvalue weighted by atomic mass is 10.2. The van der Waals surface area contributed by atoms with Crippen LogP contribution in [0, 0.1) is 6.92 Å². The Kier molecular flexibility index (Phi) is 4.78. The van der Waals surface area contributed by atoms with E-state index in [-0.39, 0.29) is 0 Å². The molecule has 2 heterocycles. The fourth-order valence-electron chi connectivity index (χ4n) is 2.09. The van der Waals surface area contributed by atoms with Gasteiger partial charge in [0.25, 0.3) is 0 Å². The first-order valence-corrected chi connectivity index (χ1v) is 6.97. The molecule has 5 heteroatoms. The Morgan fingerprint density at radius 3 is 2.94 bits per heavy atom. The molecule has 18 heavy (non-hydrogen) atoms. The van der Waals surface area contributed by atoms with E-state index in [1.54, 1.807) is 0 Å². The molecule has 0 spiro atoms. The maximum atomic E-state index is 6.09. The number of hydrogen-bond acceptors (Lipinski definition) is 4. The Morgan fingerprint density at radius 1 is 1.44 bits per heavy atom. The molecule has 1 aliphatic rings. The quantitative estimate of drug-likeness (QED) is 0.835. The van der Waals surface area contributed by atoms with Crippen LogP contribution in [0.15, 0.2) is 0 Å². The number of aromatic nitrogens is 2. The van der Waals surface area contributed by atoms with Crippen LogP contribution in [0.3, 0.4) is 0 Å². The number of halogens is 1. The van der Waals surface area contributed by atoms with Crippen molar-refractivity contribution >= 4 is 17.4 Å². The highest BCUT2D eigenvalue weighted by atomic mass is 35.5. The van der Waals surface area contributed by atoms with Gasteiger partial charge in [0, 0.05) is 25.1 Å². The monoisotopic (exact) mass is 269 g/mol. The summed E-state index contributed by atoms with van der Waals surface area (Å²) in [5.74, 6) is 1.63. The van der Waals surface area contributed by atoms with Crippen LogP contribution in [-0.2, 0) is 11.2 Å². The summed E-state index contributed by atoms with van der Waals surface area (Å²) < 4.78 is 5.59. The Labute approximate surface area is 113 Å². The molecule has 0 aromatic carbocycles. The van der Waals surface area contributed by atoms with Gasteiger partial charge in [0.15, 0.2) is 0 Å². The Bertz CT molecular complexity index is 405. The Morgan fingerprint density at radius 2 is 2.28 bits per heavy atom. The lowest BCUT2D eigenvalue weighted by molar-refractivity contribution is 0.107. The largest absolute Gasteiger partial charge is 0.378 e. The van der Waals surface area contributed by atoms with Crippen molar-refractivity contribution in [2.24, 2.45) is 0 Å². The van der Waals surface area contributed by atoms with Gasteiger partial charge in [-0.2, -0.15) is 0 Å². The zero-order valence-electron chi connectivity index (χ0n) is 11.0. The van der Waals surface area contributed by atoms with E-state index in [9.17, 15) is 0 Å².